The van der Waals surface area contributed by atoms with Gasteiger partial charge in [-0.05, 0) is 38.2 Å². The molecule has 2 fully saturated rings. The Hall–Kier alpha value is -2.37. The lowest BCUT2D eigenvalue weighted by Gasteiger charge is -2.28. The summed E-state index contributed by atoms with van der Waals surface area (Å²) in [6.07, 6.45) is 8.56. The van der Waals surface area contributed by atoms with Crippen LogP contribution in [0.1, 0.15) is 32.1 Å². The van der Waals surface area contributed by atoms with E-state index < -0.39 is 5.41 Å². The van der Waals surface area contributed by atoms with Crippen LogP contribution in [-0.2, 0) is 9.59 Å². The van der Waals surface area contributed by atoms with Crippen molar-refractivity contribution in [2.24, 2.45) is 11.3 Å². The average molecular weight is 355 g/mol. The number of ether oxygens (including phenoxy) is 1. The van der Waals surface area contributed by atoms with E-state index in [1.165, 1.54) is 0 Å². The van der Waals surface area contributed by atoms with Crippen molar-refractivity contribution in [3.8, 4) is 5.88 Å². The summed E-state index contributed by atoms with van der Waals surface area (Å²) in [7, 11) is 0. The van der Waals surface area contributed by atoms with Gasteiger partial charge in [-0.2, -0.15) is 0 Å². The van der Waals surface area contributed by atoms with Gasteiger partial charge in [0.25, 0.3) is 0 Å². The van der Waals surface area contributed by atoms with Crippen molar-refractivity contribution in [3.05, 3.63) is 36.0 Å². The standard InChI is InChI=1S/C20H25N3O3/c24-18(15-6-2-1-3-7-15)23-11-9-20(14-23)16(12-22-19(20)25)13-26-17-8-4-5-10-21-17/h4-6,8,10,16H,1-3,7,9,11-14H2,(H,22,25)/t16-,20-/m0/s1. The van der Waals surface area contributed by atoms with Gasteiger partial charge in [0.05, 0.1) is 12.0 Å². The van der Waals surface area contributed by atoms with Crippen molar-refractivity contribution in [2.45, 2.75) is 32.1 Å². The Morgan fingerprint density at radius 2 is 2.31 bits per heavy atom. The summed E-state index contributed by atoms with van der Waals surface area (Å²) in [5.41, 5.74) is 0.396. The van der Waals surface area contributed by atoms with Gasteiger partial charge in [-0.25, -0.2) is 4.98 Å². The minimum absolute atomic E-state index is 0.0511. The highest BCUT2D eigenvalue weighted by molar-refractivity contribution is 5.95. The van der Waals surface area contributed by atoms with Crippen LogP contribution in [0, 0.1) is 11.3 Å². The van der Waals surface area contributed by atoms with E-state index in [0.717, 1.165) is 31.3 Å². The SMILES string of the molecule is O=C(C1=CCCCC1)N1CC[C@@]2(C1)C(=O)NC[C@H]2COc1ccccn1. The van der Waals surface area contributed by atoms with Gasteiger partial charge in [0.15, 0.2) is 0 Å². The zero-order valence-corrected chi connectivity index (χ0v) is 14.9. The summed E-state index contributed by atoms with van der Waals surface area (Å²) < 4.78 is 5.82. The van der Waals surface area contributed by atoms with Crippen LogP contribution >= 0.6 is 0 Å². The van der Waals surface area contributed by atoms with Crippen molar-refractivity contribution in [1.29, 1.82) is 0 Å². The quantitative estimate of drug-likeness (QED) is 0.896. The number of carbonyl (C=O) groups excluding carboxylic acids is 2. The number of allylic oxidation sites excluding steroid dienone is 1. The zero-order chi connectivity index (χ0) is 18.0. The molecule has 1 N–H and O–H groups in total. The third-order valence-electron chi connectivity index (χ3n) is 5.97. The average Bonchev–Trinajstić information content (AvgIpc) is 3.27. The molecule has 1 spiro atoms. The molecule has 138 valence electrons. The van der Waals surface area contributed by atoms with Gasteiger partial charge in [-0.3, -0.25) is 9.59 Å². The predicted octanol–water partition coefficient (Wildman–Crippen LogP) is 1.93. The Bertz CT molecular complexity index is 718. The summed E-state index contributed by atoms with van der Waals surface area (Å²) in [5.74, 6) is 0.793. The number of carbonyl (C=O) groups is 2. The Kier molecular flexibility index (Phi) is 4.66. The molecule has 2 saturated heterocycles. The Labute approximate surface area is 153 Å². The number of pyridine rings is 1. The molecule has 1 aromatic heterocycles. The maximum absolute atomic E-state index is 12.8. The zero-order valence-electron chi connectivity index (χ0n) is 14.9. The molecule has 1 aliphatic carbocycles. The first kappa shape index (κ1) is 17.1. The van der Waals surface area contributed by atoms with Gasteiger partial charge in [0.1, 0.15) is 0 Å². The lowest BCUT2D eigenvalue weighted by molar-refractivity contribution is -0.130. The highest BCUT2D eigenvalue weighted by atomic mass is 16.5. The van der Waals surface area contributed by atoms with Crippen molar-refractivity contribution >= 4 is 11.8 Å². The highest BCUT2D eigenvalue weighted by Gasteiger charge is 2.55. The van der Waals surface area contributed by atoms with E-state index >= 15 is 0 Å². The van der Waals surface area contributed by atoms with Crippen molar-refractivity contribution in [1.82, 2.24) is 15.2 Å². The molecule has 26 heavy (non-hydrogen) atoms. The second-order valence-electron chi connectivity index (χ2n) is 7.49. The van der Waals surface area contributed by atoms with E-state index in [1.807, 2.05) is 23.1 Å². The second-order valence-corrected chi connectivity index (χ2v) is 7.49. The Morgan fingerprint density at radius 1 is 1.38 bits per heavy atom. The van der Waals surface area contributed by atoms with Gasteiger partial charge in [-0.15, -0.1) is 0 Å². The number of aromatic nitrogens is 1. The molecule has 0 bridgehead atoms. The Balaban J connectivity index is 1.44. The van der Waals surface area contributed by atoms with Gasteiger partial charge >= 0.3 is 0 Å². The molecule has 1 aromatic rings. The van der Waals surface area contributed by atoms with Crippen molar-refractivity contribution in [2.75, 3.05) is 26.2 Å². The molecule has 6 nitrogen and oxygen atoms in total. The first-order chi connectivity index (χ1) is 12.7. The van der Waals surface area contributed by atoms with Crippen molar-refractivity contribution < 1.29 is 14.3 Å². The molecule has 0 radical (unpaired) electrons. The summed E-state index contributed by atoms with van der Waals surface area (Å²) in [6.45, 7) is 2.16. The van der Waals surface area contributed by atoms with Gasteiger partial charge in [-0.1, -0.05) is 12.1 Å². The van der Waals surface area contributed by atoms with E-state index in [4.69, 9.17) is 4.74 Å². The Morgan fingerprint density at radius 3 is 3.08 bits per heavy atom. The highest BCUT2D eigenvalue weighted by Crippen LogP contribution is 2.42. The van der Waals surface area contributed by atoms with Crippen LogP contribution in [0.2, 0.25) is 0 Å². The van der Waals surface area contributed by atoms with E-state index in [0.29, 0.717) is 38.5 Å². The molecular formula is C20H25N3O3. The fourth-order valence-electron chi connectivity index (χ4n) is 4.37. The third-order valence-corrected chi connectivity index (χ3v) is 5.97. The van der Waals surface area contributed by atoms with Crippen LogP contribution in [0.15, 0.2) is 36.0 Å². The van der Waals surface area contributed by atoms with Crippen LogP contribution < -0.4 is 10.1 Å². The molecule has 4 rings (SSSR count). The normalized spacial score (nSPS) is 28.2. The lowest BCUT2D eigenvalue weighted by atomic mass is 9.77. The molecule has 0 saturated carbocycles. The molecule has 3 heterocycles. The molecule has 2 aliphatic heterocycles. The predicted molar refractivity (Wildman–Crippen MR) is 96.4 cm³/mol. The molecule has 2 amide bonds. The fourth-order valence-corrected chi connectivity index (χ4v) is 4.37. The largest absolute Gasteiger partial charge is 0.477 e. The molecule has 2 atom stereocenters. The van der Waals surface area contributed by atoms with Crippen molar-refractivity contribution in [3.63, 3.8) is 0 Å². The van der Waals surface area contributed by atoms with Crippen LogP contribution in [0.25, 0.3) is 0 Å². The number of amides is 2. The van der Waals surface area contributed by atoms with Gasteiger partial charge in [0, 0.05) is 43.4 Å². The minimum Gasteiger partial charge on any atom is -0.477 e. The molecule has 0 unspecified atom stereocenters. The van der Waals surface area contributed by atoms with Gasteiger partial charge in [0.2, 0.25) is 17.7 Å². The number of nitrogens with zero attached hydrogens (tertiary/aromatic N) is 2. The van der Waals surface area contributed by atoms with E-state index in [9.17, 15) is 9.59 Å². The van der Waals surface area contributed by atoms with Gasteiger partial charge < -0.3 is 15.0 Å². The first-order valence-electron chi connectivity index (χ1n) is 9.49. The summed E-state index contributed by atoms with van der Waals surface area (Å²) in [4.78, 5) is 31.5. The van der Waals surface area contributed by atoms with E-state index in [1.54, 1.807) is 6.20 Å². The van der Waals surface area contributed by atoms with Crippen LogP contribution in [0.5, 0.6) is 5.88 Å². The van der Waals surface area contributed by atoms with E-state index in [-0.39, 0.29) is 17.7 Å². The summed E-state index contributed by atoms with van der Waals surface area (Å²) in [6, 6.07) is 5.54. The number of hydrogen-bond acceptors (Lipinski definition) is 4. The number of rotatable bonds is 4. The summed E-state index contributed by atoms with van der Waals surface area (Å²) >= 11 is 0. The molecule has 3 aliphatic rings. The monoisotopic (exact) mass is 355 g/mol. The fraction of sp³-hybridized carbons (Fsp3) is 0.550. The molecular weight excluding hydrogens is 330 g/mol. The maximum atomic E-state index is 12.8. The summed E-state index contributed by atoms with van der Waals surface area (Å²) in [5, 5.41) is 2.99. The maximum Gasteiger partial charge on any atom is 0.249 e. The second kappa shape index (κ2) is 7.09. The molecule has 6 heteroatoms. The number of hydrogen-bond donors (Lipinski definition) is 1. The smallest absolute Gasteiger partial charge is 0.249 e. The number of likely N-dealkylation sites (tertiary alicyclic amines) is 1. The third kappa shape index (κ3) is 3.08. The topological polar surface area (TPSA) is 71.5 Å². The number of nitrogens with one attached hydrogen (secondary N) is 1. The van der Waals surface area contributed by atoms with Crippen LogP contribution in [0.3, 0.4) is 0 Å². The van der Waals surface area contributed by atoms with Crippen LogP contribution in [-0.4, -0.2) is 47.9 Å². The first-order valence-corrected chi connectivity index (χ1v) is 9.49. The minimum atomic E-state index is -0.528. The van der Waals surface area contributed by atoms with E-state index in [2.05, 4.69) is 16.4 Å². The lowest BCUT2D eigenvalue weighted by Crippen LogP contribution is -2.41. The van der Waals surface area contributed by atoms with Crippen LogP contribution in [0.4, 0.5) is 0 Å². The molecule has 0 aromatic carbocycles.